The van der Waals surface area contributed by atoms with E-state index in [4.69, 9.17) is 4.74 Å². The predicted molar refractivity (Wildman–Crippen MR) is 109 cm³/mol. The van der Waals surface area contributed by atoms with Crippen LogP contribution in [0, 0.1) is 6.92 Å². The Bertz CT molecular complexity index is 1360. The topological polar surface area (TPSA) is 105 Å². The summed E-state index contributed by atoms with van der Waals surface area (Å²) in [7, 11) is -2.38. The van der Waals surface area contributed by atoms with Gasteiger partial charge < -0.3 is 9.84 Å². The molecule has 7 nitrogen and oxygen atoms in total. The number of carbonyl (C=O) groups is 1. The maximum atomic E-state index is 12.6. The number of aryl methyl sites for hydroxylation is 1. The van der Waals surface area contributed by atoms with Crippen LogP contribution in [0.25, 0.3) is 5.57 Å². The molecule has 0 bridgehead atoms. The summed E-state index contributed by atoms with van der Waals surface area (Å²) in [6.07, 6.45) is 0. The van der Waals surface area contributed by atoms with Gasteiger partial charge in [-0.1, -0.05) is 11.6 Å². The number of sulfonamides is 1. The molecule has 1 aliphatic heterocycles. The molecule has 0 aliphatic carbocycles. The lowest BCUT2D eigenvalue weighted by Gasteiger charge is -2.06. The standard InChI is InChI=1S/C20H16N2O5S2/c1-11-3-8-15-14(9-11)18(20(24)21-15)19-16(23)10-17(28-19)22-29(25,26)13-6-4-12(27-2)5-7-13/h3-10,22-23H,1-2H3. The molecule has 2 aromatic carbocycles. The Hall–Kier alpha value is -3.17. The van der Waals surface area contributed by atoms with Gasteiger partial charge in [0.05, 0.1) is 27.8 Å². The molecule has 1 aliphatic rings. The van der Waals surface area contributed by atoms with Crippen molar-refractivity contribution in [2.75, 3.05) is 11.8 Å². The van der Waals surface area contributed by atoms with E-state index >= 15 is 0 Å². The molecule has 2 heterocycles. The molecule has 148 valence electrons. The zero-order chi connectivity index (χ0) is 20.8. The van der Waals surface area contributed by atoms with Crippen LogP contribution in [-0.4, -0.2) is 26.5 Å². The molecule has 0 spiro atoms. The Morgan fingerprint density at radius 1 is 1.10 bits per heavy atom. The number of anilines is 1. The highest BCUT2D eigenvalue weighted by atomic mass is 32.2. The number of thiophene rings is 1. The van der Waals surface area contributed by atoms with Crippen molar-refractivity contribution in [1.82, 2.24) is 0 Å². The monoisotopic (exact) mass is 428 g/mol. The second-order valence-corrected chi connectivity index (χ2v) is 9.15. The van der Waals surface area contributed by atoms with Gasteiger partial charge in [0, 0.05) is 11.3 Å². The van der Waals surface area contributed by atoms with Crippen molar-refractivity contribution in [3.63, 3.8) is 0 Å². The Morgan fingerprint density at radius 2 is 1.83 bits per heavy atom. The smallest absolute Gasteiger partial charge is 0.279 e. The summed E-state index contributed by atoms with van der Waals surface area (Å²) in [4.78, 5) is 16.7. The van der Waals surface area contributed by atoms with Gasteiger partial charge in [-0.2, -0.15) is 0 Å². The fraction of sp³-hybridized carbons (Fsp3) is 0.100. The first-order valence-electron chi connectivity index (χ1n) is 8.52. The molecule has 9 heteroatoms. The summed E-state index contributed by atoms with van der Waals surface area (Å²) in [5, 5.41) is 11.7. The third kappa shape index (κ3) is 3.50. The maximum absolute atomic E-state index is 12.6. The number of methoxy groups -OCH3 is 1. The minimum Gasteiger partial charge on any atom is -0.506 e. The minimum atomic E-state index is -3.87. The lowest BCUT2D eigenvalue weighted by molar-refractivity contribution is -0.112. The number of carbonyl (C=O) groups excluding carboxylic acids is 1. The third-order valence-electron chi connectivity index (χ3n) is 4.40. The average Bonchev–Trinajstić information content (AvgIpc) is 3.19. The van der Waals surface area contributed by atoms with Gasteiger partial charge in [0.25, 0.3) is 15.9 Å². The molecular weight excluding hydrogens is 412 g/mol. The number of fused-ring (bicyclic) bond motifs is 1. The Kier molecular flexibility index (Phi) is 4.64. The van der Waals surface area contributed by atoms with Crippen LogP contribution < -0.4 is 20.0 Å². The number of benzene rings is 2. The minimum absolute atomic E-state index is 0.0494. The van der Waals surface area contributed by atoms with Crippen molar-refractivity contribution < 1.29 is 23.1 Å². The van der Waals surface area contributed by atoms with Crippen molar-refractivity contribution in [2.45, 2.75) is 11.8 Å². The Labute approximate surface area is 170 Å². The number of ether oxygens (including phenoxy) is 1. The summed E-state index contributed by atoms with van der Waals surface area (Å²) in [5.41, 5.74) is 1.21. The van der Waals surface area contributed by atoms with Crippen LogP contribution in [0.5, 0.6) is 11.5 Å². The molecule has 0 radical (unpaired) electrons. The van der Waals surface area contributed by atoms with Gasteiger partial charge in [-0.3, -0.25) is 9.52 Å². The van der Waals surface area contributed by atoms with Crippen molar-refractivity contribution in [1.29, 1.82) is 0 Å². The van der Waals surface area contributed by atoms with E-state index in [1.54, 1.807) is 18.2 Å². The lowest BCUT2D eigenvalue weighted by atomic mass is 10.1. The molecule has 1 aromatic heterocycles. The molecular formula is C20H16N2O5S2. The molecule has 29 heavy (non-hydrogen) atoms. The van der Waals surface area contributed by atoms with Gasteiger partial charge in [-0.25, -0.2) is 13.4 Å². The van der Waals surface area contributed by atoms with E-state index in [1.165, 1.54) is 25.3 Å². The molecule has 1 amide bonds. The van der Waals surface area contributed by atoms with Crippen molar-refractivity contribution in [2.24, 2.45) is 4.99 Å². The van der Waals surface area contributed by atoms with E-state index < -0.39 is 15.9 Å². The van der Waals surface area contributed by atoms with Crippen LogP contribution in [-0.2, 0) is 14.8 Å². The second-order valence-electron chi connectivity index (χ2n) is 6.42. The van der Waals surface area contributed by atoms with Gasteiger partial charge in [0.15, 0.2) is 0 Å². The summed E-state index contributed by atoms with van der Waals surface area (Å²) in [6, 6.07) is 12.6. The van der Waals surface area contributed by atoms with Gasteiger partial charge in [-0.15, -0.1) is 11.3 Å². The van der Waals surface area contributed by atoms with Crippen LogP contribution in [0.15, 0.2) is 58.4 Å². The lowest BCUT2D eigenvalue weighted by Crippen LogP contribution is -2.23. The molecule has 0 fully saturated rings. The first-order valence-corrected chi connectivity index (χ1v) is 10.8. The van der Waals surface area contributed by atoms with Crippen molar-refractivity contribution in [3.05, 3.63) is 69.5 Å². The molecule has 0 atom stereocenters. The highest BCUT2D eigenvalue weighted by Crippen LogP contribution is 2.38. The largest absolute Gasteiger partial charge is 0.506 e. The zero-order valence-electron chi connectivity index (χ0n) is 15.5. The van der Waals surface area contributed by atoms with Gasteiger partial charge in [0.2, 0.25) is 0 Å². The number of rotatable bonds is 5. The van der Waals surface area contributed by atoms with E-state index in [0.717, 1.165) is 16.9 Å². The van der Waals surface area contributed by atoms with E-state index in [1.807, 2.05) is 19.1 Å². The summed E-state index contributed by atoms with van der Waals surface area (Å²) < 4.78 is 32.7. The van der Waals surface area contributed by atoms with Gasteiger partial charge in [0.1, 0.15) is 16.5 Å². The second kappa shape index (κ2) is 7.02. The Morgan fingerprint density at radius 3 is 2.52 bits per heavy atom. The normalized spacial score (nSPS) is 13.2. The number of nitrogens with zero attached hydrogens (tertiary/aromatic N) is 1. The number of aromatic hydroxyl groups is 1. The average molecular weight is 428 g/mol. The molecule has 3 aromatic rings. The summed E-state index contributed by atoms with van der Waals surface area (Å²) in [5.74, 6) is -0.114. The number of hydrogen-bond donors (Lipinski definition) is 2. The molecule has 4 rings (SSSR count). The Balaban J connectivity index is 1.73. The fourth-order valence-electron chi connectivity index (χ4n) is 3.00. The molecule has 0 saturated heterocycles. The number of nitrogens with one attached hydrogen (secondary N) is 1. The molecule has 2 N–H and O–H groups in total. The van der Waals surface area contributed by atoms with E-state index in [2.05, 4.69) is 9.71 Å². The van der Waals surface area contributed by atoms with Crippen molar-refractivity contribution in [3.8, 4) is 11.5 Å². The molecule has 0 saturated carbocycles. The van der Waals surface area contributed by atoms with Crippen LogP contribution in [0.1, 0.15) is 10.4 Å². The SMILES string of the molecule is COc1ccc(S(=O)(=O)Nc2cc(O)c(C3=c4cc(C)ccc4=NC3=O)s2)cc1. The van der Waals surface area contributed by atoms with Crippen LogP contribution >= 0.6 is 11.3 Å². The summed E-state index contributed by atoms with van der Waals surface area (Å²) >= 11 is 0.976. The van der Waals surface area contributed by atoms with Crippen LogP contribution in [0.4, 0.5) is 5.00 Å². The van der Waals surface area contributed by atoms with Crippen LogP contribution in [0.2, 0.25) is 0 Å². The summed E-state index contributed by atoms with van der Waals surface area (Å²) in [6.45, 7) is 1.89. The number of amides is 1. The van der Waals surface area contributed by atoms with E-state index in [0.29, 0.717) is 16.3 Å². The maximum Gasteiger partial charge on any atom is 0.279 e. The van der Waals surface area contributed by atoms with Crippen LogP contribution in [0.3, 0.4) is 0 Å². The zero-order valence-corrected chi connectivity index (χ0v) is 17.1. The quantitative estimate of drug-likeness (QED) is 0.646. The highest BCUT2D eigenvalue weighted by molar-refractivity contribution is 7.93. The molecule has 0 unspecified atom stereocenters. The van der Waals surface area contributed by atoms with E-state index in [-0.39, 0.29) is 26.1 Å². The first-order chi connectivity index (χ1) is 13.8. The van der Waals surface area contributed by atoms with Gasteiger partial charge >= 0.3 is 0 Å². The first kappa shape index (κ1) is 19.2. The van der Waals surface area contributed by atoms with E-state index in [9.17, 15) is 18.3 Å². The number of hydrogen-bond acceptors (Lipinski definition) is 6. The third-order valence-corrected chi connectivity index (χ3v) is 6.97. The van der Waals surface area contributed by atoms with Gasteiger partial charge in [-0.05, 0) is 43.3 Å². The fourth-order valence-corrected chi connectivity index (χ4v) is 5.29. The predicted octanol–water partition coefficient (Wildman–Crippen LogP) is 1.93. The van der Waals surface area contributed by atoms with Crippen molar-refractivity contribution >= 4 is 37.8 Å². The highest BCUT2D eigenvalue weighted by Gasteiger charge is 2.25.